The van der Waals surface area contributed by atoms with E-state index in [-0.39, 0.29) is 13.2 Å². The van der Waals surface area contributed by atoms with E-state index in [1.807, 2.05) is 61.6 Å². The van der Waals surface area contributed by atoms with Crippen molar-refractivity contribution >= 4 is 17.8 Å². The Morgan fingerprint density at radius 2 is 1.59 bits per heavy atom. The minimum Gasteiger partial charge on any atom is -0.490 e. The van der Waals surface area contributed by atoms with Gasteiger partial charge in [0.1, 0.15) is 18.9 Å². The van der Waals surface area contributed by atoms with Gasteiger partial charge in [0.25, 0.3) is 0 Å². The van der Waals surface area contributed by atoms with Crippen molar-refractivity contribution in [1.29, 1.82) is 0 Å². The molecule has 0 aromatic heterocycles. The fourth-order valence-electron chi connectivity index (χ4n) is 3.13. The average Bonchev–Trinajstić information content (AvgIpc) is 2.92. The number of rotatable bonds is 9. The molecule has 2 aromatic carbocycles. The van der Waals surface area contributed by atoms with Crippen LogP contribution in [-0.2, 0) is 22.7 Å². The molecular weight excluding hydrogens is 370 g/mol. The van der Waals surface area contributed by atoms with Crippen LogP contribution in [0.3, 0.4) is 0 Å². The van der Waals surface area contributed by atoms with Crippen LogP contribution < -0.4 is 9.64 Å². The van der Waals surface area contributed by atoms with E-state index in [1.54, 1.807) is 6.08 Å². The second kappa shape index (κ2) is 9.16. The van der Waals surface area contributed by atoms with E-state index in [2.05, 4.69) is 6.58 Å². The lowest BCUT2D eigenvalue weighted by molar-refractivity contribution is -0.901. The van der Waals surface area contributed by atoms with Gasteiger partial charge < -0.3 is 9.64 Å². The Hall–Kier alpha value is -3.45. The molecule has 1 unspecified atom stereocenters. The van der Waals surface area contributed by atoms with Crippen LogP contribution in [0.2, 0.25) is 0 Å². The molecule has 1 heterocycles. The SMILES string of the molecule is C=CCOc1ccc(C[NH+](C)CN2C(=O)C(=O)N(Cc3ccccc3)C2=O)cc1. The summed E-state index contributed by atoms with van der Waals surface area (Å²) in [6.45, 7) is 4.85. The van der Waals surface area contributed by atoms with Crippen molar-refractivity contribution in [2.45, 2.75) is 13.1 Å². The van der Waals surface area contributed by atoms with Gasteiger partial charge >= 0.3 is 17.8 Å². The minimum atomic E-state index is -0.782. The Morgan fingerprint density at radius 3 is 2.24 bits per heavy atom. The van der Waals surface area contributed by atoms with Crippen LogP contribution in [0.4, 0.5) is 4.79 Å². The number of imide groups is 2. The van der Waals surface area contributed by atoms with Crippen LogP contribution in [-0.4, -0.2) is 48.0 Å². The highest BCUT2D eigenvalue weighted by Crippen LogP contribution is 2.15. The van der Waals surface area contributed by atoms with Crippen LogP contribution in [0.15, 0.2) is 67.3 Å². The molecule has 1 atom stereocenters. The largest absolute Gasteiger partial charge is 0.490 e. The van der Waals surface area contributed by atoms with Gasteiger partial charge in [-0.15, -0.1) is 0 Å². The zero-order chi connectivity index (χ0) is 20.8. The molecule has 1 saturated heterocycles. The molecule has 150 valence electrons. The number of carbonyl (C=O) groups excluding carboxylic acids is 3. The molecule has 0 radical (unpaired) electrons. The van der Waals surface area contributed by atoms with Crippen molar-refractivity contribution in [3.8, 4) is 5.75 Å². The summed E-state index contributed by atoms with van der Waals surface area (Å²) in [5.41, 5.74) is 1.82. The predicted octanol–water partition coefficient (Wildman–Crippen LogP) is 1.21. The van der Waals surface area contributed by atoms with E-state index in [4.69, 9.17) is 4.74 Å². The van der Waals surface area contributed by atoms with Crippen molar-refractivity contribution < 1.29 is 24.0 Å². The first-order valence-electron chi connectivity index (χ1n) is 9.34. The number of nitrogens with zero attached hydrogens (tertiary/aromatic N) is 2. The van der Waals surface area contributed by atoms with Crippen LogP contribution in [0, 0.1) is 0 Å². The van der Waals surface area contributed by atoms with Crippen molar-refractivity contribution in [3.05, 3.63) is 78.4 Å². The van der Waals surface area contributed by atoms with E-state index in [0.29, 0.717) is 13.2 Å². The fraction of sp³-hybridized carbons (Fsp3) is 0.227. The third-order valence-electron chi connectivity index (χ3n) is 4.54. The minimum absolute atomic E-state index is 0.0893. The third kappa shape index (κ3) is 4.89. The topological polar surface area (TPSA) is 71.4 Å². The lowest BCUT2D eigenvalue weighted by atomic mass is 10.2. The zero-order valence-corrected chi connectivity index (χ0v) is 16.3. The Bertz CT molecular complexity index is 896. The monoisotopic (exact) mass is 394 g/mol. The predicted molar refractivity (Wildman–Crippen MR) is 107 cm³/mol. The summed E-state index contributed by atoms with van der Waals surface area (Å²) in [5.74, 6) is -0.813. The molecule has 1 aliphatic rings. The maximum absolute atomic E-state index is 12.6. The van der Waals surface area contributed by atoms with E-state index in [1.165, 1.54) is 0 Å². The number of amides is 4. The molecule has 1 fully saturated rings. The number of hydrogen-bond acceptors (Lipinski definition) is 4. The van der Waals surface area contributed by atoms with Crippen LogP contribution in [0.5, 0.6) is 5.75 Å². The molecule has 29 heavy (non-hydrogen) atoms. The molecule has 1 N–H and O–H groups in total. The first kappa shape index (κ1) is 20.3. The fourth-order valence-corrected chi connectivity index (χ4v) is 3.13. The quantitative estimate of drug-likeness (QED) is 0.394. The highest BCUT2D eigenvalue weighted by molar-refractivity contribution is 6.44. The highest BCUT2D eigenvalue weighted by Gasteiger charge is 2.45. The Labute approximate surface area is 169 Å². The van der Waals surface area contributed by atoms with Crippen molar-refractivity contribution in [2.24, 2.45) is 0 Å². The Morgan fingerprint density at radius 1 is 0.931 bits per heavy atom. The van der Waals surface area contributed by atoms with Gasteiger partial charge in [0, 0.05) is 5.56 Å². The first-order valence-corrected chi connectivity index (χ1v) is 9.34. The summed E-state index contributed by atoms with van der Waals surface area (Å²) < 4.78 is 5.46. The molecule has 2 aromatic rings. The number of carbonyl (C=O) groups is 3. The highest BCUT2D eigenvalue weighted by atomic mass is 16.5. The number of urea groups is 1. The van der Waals surface area contributed by atoms with E-state index >= 15 is 0 Å². The summed E-state index contributed by atoms with van der Waals surface area (Å²) in [5, 5.41) is 0. The summed E-state index contributed by atoms with van der Waals surface area (Å²) in [4.78, 5) is 40.2. The molecule has 4 amide bonds. The van der Waals surface area contributed by atoms with Gasteiger partial charge in [-0.3, -0.25) is 14.5 Å². The number of hydrogen-bond donors (Lipinski definition) is 1. The standard InChI is InChI=1S/C22H23N3O4/c1-3-13-29-19-11-9-18(10-12-19)14-23(2)16-25-21(27)20(26)24(22(25)28)15-17-7-5-4-6-8-17/h3-12H,1,13-16H2,2H3/p+1. The summed E-state index contributed by atoms with van der Waals surface area (Å²) in [6.07, 6.45) is 1.68. The first-order chi connectivity index (χ1) is 14.0. The Kier molecular flexibility index (Phi) is 6.41. The molecule has 0 bridgehead atoms. The van der Waals surface area contributed by atoms with Gasteiger partial charge in [-0.2, -0.15) is 0 Å². The second-order valence-electron chi connectivity index (χ2n) is 6.93. The molecular formula is C22H24N3O4+. The van der Waals surface area contributed by atoms with Crippen molar-refractivity contribution in [2.75, 3.05) is 20.3 Å². The van der Waals surface area contributed by atoms with Crippen LogP contribution >= 0.6 is 0 Å². The van der Waals surface area contributed by atoms with E-state index in [0.717, 1.165) is 31.6 Å². The summed E-state index contributed by atoms with van der Waals surface area (Å²) >= 11 is 0. The van der Waals surface area contributed by atoms with E-state index < -0.39 is 17.8 Å². The molecule has 0 saturated carbocycles. The van der Waals surface area contributed by atoms with Gasteiger partial charge in [-0.1, -0.05) is 43.0 Å². The number of ether oxygens (including phenoxy) is 1. The third-order valence-corrected chi connectivity index (χ3v) is 4.54. The van der Waals surface area contributed by atoms with Gasteiger partial charge in [0.15, 0.2) is 6.67 Å². The molecule has 0 aliphatic carbocycles. The van der Waals surface area contributed by atoms with Crippen LogP contribution in [0.25, 0.3) is 0 Å². The summed E-state index contributed by atoms with van der Waals surface area (Å²) in [7, 11) is 1.87. The lowest BCUT2D eigenvalue weighted by Crippen LogP contribution is -3.09. The molecule has 7 heteroatoms. The normalized spacial score (nSPS) is 15.0. The second-order valence-corrected chi connectivity index (χ2v) is 6.93. The zero-order valence-electron chi connectivity index (χ0n) is 16.3. The average molecular weight is 394 g/mol. The van der Waals surface area contributed by atoms with Gasteiger partial charge in [0.05, 0.1) is 13.6 Å². The van der Waals surface area contributed by atoms with Crippen LogP contribution in [0.1, 0.15) is 11.1 Å². The lowest BCUT2D eigenvalue weighted by Gasteiger charge is -2.20. The molecule has 7 nitrogen and oxygen atoms in total. The van der Waals surface area contributed by atoms with Gasteiger partial charge in [0.2, 0.25) is 0 Å². The summed E-state index contributed by atoms with van der Waals surface area (Å²) in [6, 6.07) is 16.2. The maximum Gasteiger partial charge on any atom is 0.339 e. The maximum atomic E-state index is 12.6. The van der Waals surface area contributed by atoms with Gasteiger partial charge in [-0.25, -0.2) is 9.69 Å². The number of quaternary nitrogens is 1. The molecule has 3 rings (SSSR count). The smallest absolute Gasteiger partial charge is 0.339 e. The van der Waals surface area contributed by atoms with Crippen molar-refractivity contribution in [3.63, 3.8) is 0 Å². The number of nitrogens with one attached hydrogen (secondary N) is 1. The van der Waals surface area contributed by atoms with Gasteiger partial charge in [-0.05, 0) is 29.8 Å². The Balaban J connectivity index is 1.60. The molecule has 0 spiro atoms. The number of benzene rings is 2. The van der Waals surface area contributed by atoms with Crippen molar-refractivity contribution in [1.82, 2.24) is 9.80 Å². The molecule has 1 aliphatic heterocycles. The van der Waals surface area contributed by atoms with E-state index in [9.17, 15) is 14.4 Å².